The predicted octanol–water partition coefficient (Wildman–Crippen LogP) is 1.79. The van der Waals surface area contributed by atoms with Gasteiger partial charge >= 0.3 is 6.09 Å². The Morgan fingerprint density at radius 3 is 2.63 bits per heavy atom. The van der Waals surface area contributed by atoms with Gasteiger partial charge in [-0.15, -0.1) is 0 Å². The van der Waals surface area contributed by atoms with Gasteiger partial charge in [0.1, 0.15) is 0 Å². The number of rotatable bonds is 2. The number of amides is 1. The number of aromatic nitrogens is 2. The number of nitrogens with zero attached hydrogens (tertiary/aromatic N) is 3. The minimum atomic E-state index is -0.807. The molecule has 2 fully saturated rings. The lowest BCUT2D eigenvalue weighted by Crippen LogP contribution is -2.39. The molecule has 1 aromatic rings. The second kappa shape index (κ2) is 4.36. The number of aryl methyl sites for hydroxylation is 2. The van der Waals surface area contributed by atoms with Crippen LogP contribution < -0.4 is 5.32 Å². The van der Waals surface area contributed by atoms with E-state index in [1.807, 2.05) is 19.9 Å². The Hall–Kier alpha value is -1.85. The largest absolute Gasteiger partial charge is 0.465 e. The van der Waals surface area contributed by atoms with E-state index in [0.29, 0.717) is 5.95 Å². The van der Waals surface area contributed by atoms with Gasteiger partial charge in [-0.2, -0.15) is 0 Å². The van der Waals surface area contributed by atoms with Crippen molar-refractivity contribution in [2.45, 2.75) is 51.2 Å². The number of hydrogen-bond acceptors (Lipinski definition) is 4. The van der Waals surface area contributed by atoms with Gasteiger partial charge in [0.2, 0.25) is 5.95 Å². The maximum absolute atomic E-state index is 11.2. The molecule has 0 aliphatic carbocycles. The smallest absolute Gasteiger partial charge is 0.407 e. The molecule has 102 valence electrons. The van der Waals surface area contributed by atoms with Crippen LogP contribution in [0.15, 0.2) is 6.07 Å². The van der Waals surface area contributed by atoms with E-state index in [4.69, 9.17) is 0 Å². The first-order valence-corrected chi connectivity index (χ1v) is 6.64. The summed E-state index contributed by atoms with van der Waals surface area (Å²) >= 11 is 0. The lowest BCUT2D eigenvalue weighted by Gasteiger charge is -2.23. The fourth-order valence-electron chi connectivity index (χ4n) is 3.40. The normalized spacial score (nSPS) is 28.7. The molecule has 1 amide bonds. The molecule has 3 atom stereocenters. The highest BCUT2D eigenvalue weighted by Gasteiger charge is 2.48. The zero-order chi connectivity index (χ0) is 13.6. The van der Waals surface area contributed by atoms with Crippen LogP contribution in [0.25, 0.3) is 0 Å². The maximum atomic E-state index is 11.2. The van der Waals surface area contributed by atoms with Gasteiger partial charge in [0.05, 0.1) is 12.1 Å². The summed E-state index contributed by atoms with van der Waals surface area (Å²) in [6, 6.07) is 2.28. The van der Waals surface area contributed by atoms with E-state index < -0.39 is 6.09 Å². The number of hydrogen-bond donors (Lipinski definition) is 2. The molecule has 0 saturated carbocycles. The van der Waals surface area contributed by atoms with Crippen LogP contribution in [0.5, 0.6) is 0 Å². The van der Waals surface area contributed by atoms with E-state index in [1.54, 1.807) is 4.90 Å². The zero-order valence-corrected chi connectivity index (χ0v) is 11.1. The lowest BCUT2D eigenvalue weighted by atomic mass is 9.96. The van der Waals surface area contributed by atoms with Gasteiger partial charge in [-0.3, -0.25) is 0 Å². The minimum absolute atomic E-state index is 0.0620. The summed E-state index contributed by atoms with van der Waals surface area (Å²) in [4.78, 5) is 21.6. The van der Waals surface area contributed by atoms with E-state index in [9.17, 15) is 9.90 Å². The number of nitrogens with one attached hydrogen (secondary N) is 1. The number of carbonyl (C=O) groups is 1. The summed E-state index contributed by atoms with van der Waals surface area (Å²) in [7, 11) is 0. The first-order valence-electron chi connectivity index (χ1n) is 6.64. The molecule has 19 heavy (non-hydrogen) atoms. The maximum Gasteiger partial charge on any atom is 0.407 e. The topological polar surface area (TPSA) is 78.4 Å². The third-order valence-electron chi connectivity index (χ3n) is 4.05. The highest BCUT2D eigenvalue weighted by atomic mass is 16.4. The number of fused-ring (bicyclic) bond motifs is 2. The molecule has 3 unspecified atom stereocenters. The summed E-state index contributed by atoms with van der Waals surface area (Å²) in [6.07, 6.45) is 1.95. The molecule has 2 aliphatic rings. The molecule has 2 saturated heterocycles. The molecular formula is C13H18N4O2. The van der Waals surface area contributed by atoms with E-state index in [0.717, 1.165) is 30.7 Å². The quantitative estimate of drug-likeness (QED) is 0.849. The van der Waals surface area contributed by atoms with Crippen LogP contribution in [0.3, 0.4) is 0 Å². The Morgan fingerprint density at radius 1 is 1.37 bits per heavy atom. The number of anilines is 1. The van der Waals surface area contributed by atoms with Crippen molar-refractivity contribution in [2.24, 2.45) is 0 Å². The summed E-state index contributed by atoms with van der Waals surface area (Å²) in [5, 5.41) is 12.5. The molecule has 0 spiro atoms. The van der Waals surface area contributed by atoms with Crippen molar-refractivity contribution in [1.29, 1.82) is 0 Å². The van der Waals surface area contributed by atoms with Gasteiger partial charge in [-0.25, -0.2) is 14.8 Å². The minimum Gasteiger partial charge on any atom is -0.465 e. The summed E-state index contributed by atoms with van der Waals surface area (Å²) in [6.45, 7) is 3.87. The Labute approximate surface area is 111 Å². The second-order valence-electron chi connectivity index (χ2n) is 5.45. The summed E-state index contributed by atoms with van der Waals surface area (Å²) in [5.74, 6) is 0.611. The summed E-state index contributed by atoms with van der Waals surface area (Å²) in [5.41, 5.74) is 1.85. The monoisotopic (exact) mass is 262 g/mol. The number of carboxylic acid groups (broad SMARTS) is 1. The van der Waals surface area contributed by atoms with E-state index in [2.05, 4.69) is 15.3 Å². The van der Waals surface area contributed by atoms with Crippen LogP contribution in [0.2, 0.25) is 0 Å². The Bertz CT molecular complexity index is 499. The van der Waals surface area contributed by atoms with Gasteiger partial charge in [-0.1, -0.05) is 0 Å². The molecule has 0 aromatic carbocycles. The van der Waals surface area contributed by atoms with E-state index >= 15 is 0 Å². The van der Waals surface area contributed by atoms with E-state index in [-0.39, 0.29) is 18.1 Å². The molecule has 2 N–H and O–H groups in total. The van der Waals surface area contributed by atoms with Gasteiger partial charge < -0.3 is 15.3 Å². The molecule has 0 radical (unpaired) electrons. The molecular weight excluding hydrogens is 244 g/mol. The van der Waals surface area contributed by atoms with Crippen LogP contribution in [-0.2, 0) is 0 Å². The Morgan fingerprint density at radius 2 is 2.05 bits per heavy atom. The average Bonchev–Trinajstić information content (AvgIpc) is 2.84. The van der Waals surface area contributed by atoms with Crippen molar-refractivity contribution in [2.75, 3.05) is 5.32 Å². The van der Waals surface area contributed by atoms with Crippen molar-refractivity contribution < 1.29 is 9.90 Å². The fraction of sp³-hybridized carbons (Fsp3) is 0.615. The highest BCUT2D eigenvalue weighted by molar-refractivity contribution is 5.67. The van der Waals surface area contributed by atoms with Crippen molar-refractivity contribution in [3.63, 3.8) is 0 Å². The first kappa shape index (κ1) is 12.2. The van der Waals surface area contributed by atoms with Gasteiger partial charge in [0.25, 0.3) is 0 Å². The Balaban J connectivity index is 1.76. The predicted molar refractivity (Wildman–Crippen MR) is 70.2 cm³/mol. The Kier molecular flexibility index (Phi) is 2.80. The molecule has 2 aliphatic heterocycles. The van der Waals surface area contributed by atoms with Crippen molar-refractivity contribution in [3.05, 3.63) is 17.5 Å². The third-order valence-corrected chi connectivity index (χ3v) is 4.05. The molecule has 3 rings (SSSR count). The molecule has 3 heterocycles. The van der Waals surface area contributed by atoms with Gasteiger partial charge in [-0.05, 0) is 39.2 Å². The van der Waals surface area contributed by atoms with E-state index in [1.165, 1.54) is 0 Å². The van der Waals surface area contributed by atoms with Crippen LogP contribution in [0.4, 0.5) is 10.7 Å². The van der Waals surface area contributed by atoms with Gasteiger partial charge in [0, 0.05) is 17.4 Å². The standard InChI is InChI=1S/C13H18N4O2/c1-7-5-8(2)15-12(14-7)16-10-6-9-3-4-11(10)17(9)13(18)19/h5,9-11H,3-4,6H2,1-2H3,(H,18,19)(H,14,15,16). The zero-order valence-electron chi connectivity index (χ0n) is 11.1. The molecule has 6 heteroatoms. The third kappa shape index (κ3) is 2.11. The van der Waals surface area contributed by atoms with Crippen LogP contribution >= 0.6 is 0 Å². The molecule has 1 aromatic heterocycles. The van der Waals surface area contributed by atoms with Crippen LogP contribution in [0, 0.1) is 13.8 Å². The van der Waals surface area contributed by atoms with Crippen molar-refractivity contribution in [3.8, 4) is 0 Å². The average molecular weight is 262 g/mol. The van der Waals surface area contributed by atoms with Crippen molar-refractivity contribution in [1.82, 2.24) is 14.9 Å². The highest BCUT2D eigenvalue weighted by Crippen LogP contribution is 2.38. The molecule has 2 bridgehead atoms. The lowest BCUT2D eigenvalue weighted by molar-refractivity contribution is 0.138. The SMILES string of the molecule is Cc1cc(C)nc(NC2CC3CCC2N3C(=O)O)n1. The molecule has 6 nitrogen and oxygen atoms in total. The van der Waals surface area contributed by atoms with Crippen molar-refractivity contribution >= 4 is 12.0 Å². The second-order valence-corrected chi connectivity index (χ2v) is 5.45. The van der Waals surface area contributed by atoms with Gasteiger partial charge in [0.15, 0.2) is 0 Å². The fourth-order valence-corrected chi connectivity index (χ4v) is 3.40. The van der Waals surface area contributed by atoms with Crippen LogP contribution in [0.1, 0.15) is 30.7 Å². The first-order chi connectivity index (χ1) is 9.04. The van der Waals surface area contributed by atoms with Crippen LogP contribution in [-0.4, -0.2) is 44.2 Å². The summed E-state index contributed by atoms with van der Waals surface area (Å²) < 4.78 is 0.